The molecule has 0 fully saturated rings. The van der Waals surface area contributed by atoms with Gasteiger partial charge in [-0.3, -0.25) is 9.20 Å². The van der Waals surface area contributed by atoms with Crippen molar-refractivity contribution in [2.45, 2.75) is 33.1 Å². The van der Waals surface area contributed by atoms with E-state index in [9.17, 15) is 9.59 Å². The van der Waals surface area contributed by atoms with E-state index in [1.165, 1.54) is 11.1 Å². The molecule has 2 heterocycles. The lowest BCUT2D eigenvalue weighted by molar-refractivity contribution is -0.116. The number of aromatic nitrogens is 2. The fourth-order valence-electron chi connectivity index (χ4n) is 2.86. The number of pyridine rings is 1. The Morgan fingerprint density at radius 2 is 1.93 bits per heavy atom. The first-order chi connectivity index (χ1) is 13.1. The van der Waals surface area contributed by atoms with Crippen molar-refractivity contribution in [3.8, 4) is 0 Å². The average Bonchev–Trinajstić information content (AvgIpc) is 3.02. The Hall–Kier alpha value is -3.15. The minimum Gasteiger partial charge on any atom is -0.461 e. The number of aryl methyl sites for hydroxylation is 2. The number of esters is 1. The molecule has 6 nitrogen and oxygen atoms in total. The van der Waals surface area contributed by atoms with Gasteiger partial charge in [0.15, 0.2) is 11.5 Å². The molecule has 1 N–H and O–H groups in total. The summed E-state index contributed by atoms with van der Waals surface area (Å²) in [5, 5.41) is 2.83. The van der Waals surface area contributed by atoms with E-state index in [-0.39, 0.29) is 18.2 Å². The van der Waals surface area contributed by atoms with Crippen LogP contribution in [-0.2, 0) is 16.0 Å². The highest BCUT2D eigenvalue weighted by molar-refractivity contribution is 6.00. The fraction of sp³-hybridized carbons (Fsp3) is 0.286. The highest BCUT2D eigenvalue weighted by Gasteiger charge is 2.21. The molecule has 1 aromatic carbocycles. The molecule has 0 saturated carbocycles. The van der Waals surface area contributed by atoms with Crippen molar-refractivity contribution in [1.29, 1.82) is 0 Å². The van der Waals surface area contributed by atoms with E-state index in [1.54, 1.807) is 23.6 Å². The Kier molecular flexibility index (Phi) is 5.86. The van der Waals surface area contributed by atoms with Gasteiger partial charge in [0.05, 0.1) is 6.61 Å². The van der Waals surface area contributed by atoms with Crippen LogP contribution in [0.2, 0.25) is 0 Å². The van der Waals surface area contributed by atoms with Crippen LogP contribution < -0.4 is 5.32 Å². The predicted octanol–water partition coefficient (Wildman–Crippen LogP) is 3.78. The number of imidazole rings is 1. The standard InChI is InChI=1S/C21H23N3O3/c1-3-27-21(26)19-20(24-14-5-4-8-17(24)22-19)23-18(25)9-6-7-16-12-10-15(2)11-13-16/h4-5,8,10-14H,3,6-7,9H2,1-2H3,(H,23,25). The smallest absolute Gasteiger partial charge is 0.360 e. The number of nitrogens with zero attached hydrogens (tertiary/aromatic N) is 2. The molecule has 3 rings (SSSR count). The van der Waals surface area contributed by atoms with E-state index in [0.717, 1.165) is 12.8 Å². The maximum atomic E-state index is 12.4. The van der Waals surface area contributed by atoms with Gasteiger partial charge in [0.25, 0.3) is 0 Å². The molecule has 1 amide bonds. The normalized spacial score (nSPS) is 10.7. The lowest BCUT2D eigenvalue weighted by Gasteiger charge is -2.07. The number of carbonyl (C=O) groups is 2. The molecule has 0 atom stereocenters. The molecule has 0 saturated heterocycles. The first kappa shape index (κ1) is 18.6. The van der Waals surface area contributed by atoms with E-state index in [2.05, 4.69) is 34.6 Å². The van der Waals surface area contributed by atoms with Gasteiger partial charge in [0.1, 0.15) is 5.65 Å². The molecule has 0 aliphatic rings. The molecule has 3 aromatic rings. The number of anilines is 1. The zero-order chi connectivity index (χ0) is 19.2. The summed E-state index contributed by atoms with van der Waals surface area (Å²) in [5.41, 5.74) is 3.12. The summed E-state index contributed by atoms with van der Waals surface area (Å²) >= 11 is 0. The van der Waals surface area contributed by atoms with E-state index in [4.69, 9.17) is 4.74 Å². The molecule has 2 aromatic heterocycles. The molecule has 6 heteroatoms. The predicted molar refractivity (Wildman–Crippen MR) is 104 cm³/mol. The van der Waals surface area contributed by atoms with Crippen LogP contribution in [0.1, 0.15) is 41.4 Å². The van der Waals surface area contributed by atoms with Gasteiger partial charge >= 0.3 is 5.97 Å². The molecule has 0 radical (unpaired) electrons. The average molecular weight is 365 g/mol. The number of ether oxygens (including phenoxy) is 1. The summed E-state index contributed by atoms with van der Waals surface area (Å²) in [6.45, 7) is 4.03. The zero-order valence-electron chi connectivity index (χ0n) is 15.6. The molecule has 0 unspecified atom stereocenters. The SMILES string of the molecule is CCOC(=O)c1nc2ccccn2c1NC(=O)CCCc1ccc(C)cc1. The topological polar surface area (TPSA) is 72.7 Å². The molecular weight excluding hydrogens is 342 g/mol. The second-order valence-corrected chi connectivity index (χ2v) is 6.35. The number of benzene rings is 1. The third-order valence-electron chi connectivity index (χ3n) is 4.25. The number of hydrogen-bond donors (Lipinski definition) is 1. The fourth-order valence-corrected chi connectivity index (χ4v) is 2.86. The van der Waals surface area contributed by atoms with Gasteiger partial charge in [-0.05, 0) is 44.4 Å². The van der Waals surface area contributed by atoms with Crippen LogP contribution >= 0.6 is 0 Å². The van der Waals surface area contributed by atoms with Crippen LogP contribution in [0.5, 0.6) is 0 Å². The quantitative estimate of drug-likeness (QED) is 0.647. The maximum absolute atomic E-state index is 12.4. The number of amides is 1. The third-order valence-corrected chi connectivity index (χ3v) is 4.25. The van der Waals surface area contributed by atoms with Gasteiger partial charge in [0, 0.05) is 12.6 Å². The lowest BCUT2D eigenvalue weighted by Crippen LogP contribution is -2.16. The molecule has 0 aliphatic heterocycles. The van der Waals surface area contributed by atoms with Crippen molar-refractivity contribution in [3.63, 3.8) is 0 Å². The molecular formula is C21H23N3O3. The lowest BCUT2D eigenvalue weighted by atomic mass is 10.1. The van der Waals surface area contributed by atoms with E-state index in [1.807, 2.05) is 19.1 Å². The number of hydrogen-bond acceptors (Lipinski definition) is 4. The van der Waals surface area contributed by atoms with Crippen LogP contribution in [0.4, 0.5) is 5.82 Å². The highest BCUT2D eigenvalue weighted by atomic mass is 16.5. The summed E-state index contributed by atoms with van der Waals surface area (Å²) in [4.78, 5) is 28.9. The van der Waals surface area contributed by atoms with Crippen molar-refractivity contribution >= 4 is 23.3 Å². The van der Waals surface area contributed by atoms with Crippen molar-refractivity contribution in [3.05, 3.63) is 65.5 Å². The number of carbonyl (C=O) groups excluding carboxylic acids is 2. The van der Waals surface area contributed by atoms with Gasteiger partial charge in [-0.2, -0.15) is 0 Å². The van der Waals surface area contributed by atoms with Crippen LogP contribution in [0.15, 0.2) is 48.7 Å². The number of fused-ring (bicyclic) bond motifs is 1. The van der Waals surface area contributed by atoms with Gasteiger partial charge in [0.2, 0.25) is 5.91 Å². The number of rotatable bonds is 7. The summed E-state index contributed by atoms with van der Waals surface area (Å²) in [6, 6.07) is 13.7. The van der Waals surface area contributed by atoms with E-state index in [0.29, 0.717) is 17.9 Å². The van der Waals surface area contributed by atoms with Gasteiger partial charge < -0.3 is 10.1 Å². The number of nitrogens with one attached hydrogen (secondary N) is 1. The van der Waals surface area contributed by atoms with Crippen molar-refractivity contribution in [1.82, 2.24) is 9.38 Å². The summed E-state index contributed by atoms with van der Waals surface area (Å²) < 4.78 is 6.75. The monoisotopic (exact) mass is 365 g/mol. The van der Waals surface area contributed by atoms with Gasteiger partial charge in [-0.1, -0.05) is 35.9 Å². The van der Waals surface area contributed by atoms with Gasteiger partial charge in [-0.15, -0.1) is 0 Å². The first-order valence-corrected chi connectivity index (χ1v) is 9.08. The Morgan fingerprint density at radius 1 is 1.15 bits per heavy atom. The molecule has 140 valence electrons. The second kappa shape index (κ2) is 8.49. The third kappa shape index (κ3) is 4.53. The minimum absolute atomic E-state index is 0.120. The van der Waals surface area contributed by atoms with Gasteiger partial charge in [-0.25, -0.2) is 9.78 Å². The Morgan fingerprint density at radius 3 is 2.67 bits per heavy atom. The largest absolute Gasteiger partial charge is 0.461 e. The van der Waals surface area contributed by atoms with Crippen LogP contribution in [0.3, 0.4) is 0 Å². The Balaban J connectivity index is 1.69. The summed E-state index contributed by atoms with van der Waals surface area (Å²) in [5.74, 6) is -0.348. The van der Waals surface area contributed by atoms with Crippen molar-refractivity contribution in [2.24, 2.45) is 0 Å². The van der Waals surface area contributed by atoms with E-state index < -0.39 is 5.97 Å². The molecule has 0 aliphatic carbocycles. The Bertz CT molecular complexity index is 945. The second-order valence-electron chi connectivity index (χ2n) is 6.35. The van der Waals surface area contributed by atoms with Crippen LogP contribution in [-0.4, -0.2) is 27.9 Å². The summed E-state index contributed by atoms with van der Waals surface area (Å²) in [6.07, 6.45) is 3.66. The Labute approximate surface area is 158 Å². The molecule has 0 spiro atoms. The zero-order valence-corrected chi connectivity index (χ0v) is 15.6. The van der Waals surface area contributed by atoms with Crippen molar-refractivity contribution < 1.29 is 14.3 Å². The maximum Gasteiger partial charge on any atom is 0.360 e. The van der Waals surface area contributed by atoms with Crippen LogP contribution in [0, 0.1) is 6.92 Å². The molecule has 27 heavy (non-hydrogen) atoms. The first-order valence-electron chi connectivity index (χ1n) is 9.08. The molecule has 0 bridgehead atoms. The van der Waals surface area contributed by atoms with Crippen molar-refractivity contribution in [2.75, 3.05) is 11.9 Å². The van der Waals surface area contributed by atoms with Crippen LogP contribution in [0.25, 0.3) is 5.65 Å². The summed E-state index contributed by atoms with van der Waals surface area (Å²) in [7, 11) is 0. The van der Waals surface area contributed by atoms with E-state index >= 15 is 0 Å². The highest BCUT2D eigenvalue weighted by Crippen LogP contribution is 2.20. The minimum atomic E-state index is -0.545.